The summed E-state index contributed by atoms with van der Waals surface area (Å²) < 4.78 is 12.9. The zero-order valence-electron chi connectivity index (χ0n) is 11.4. The third-order valence-electron chi connectivity index (χ3n) is 3.04. The summed E-state index contributed by atoms with van der Waals surface area (Å²) in [5.74, 6) is -0.423. The van der Waals surface area contributed by atoms with E-state index in [0.29, 0.717) is 19.5 Å². The first-order valence-corrected chi connectivity index (χ1v) is 6.43. The average Bonchev–Trinajstić information content (AvgIpc) is 2.86. The van der Waals surface area contributed by atoms with Crippen molar-refractivity contribution >= 4 is 11.6 Å². The number of nitrogens with zero attached hydrogens (tertiary/aromatic N) is 2. The van der Waals surface area contributed by atoms with Crippen molar-refractivity contribution < 1.29 is 14.0 Å². The molecule has 106 valence electrons. The molecule has 2 rings (SSSR count). The molecule has 0 fully saturated rings. The number of hydrogen-bond donors (Lipinski definition) is 0. The van der Waals surface area contributed by atoms with E-state index in [2.05, 4.69) is 11.7 Å². The minimum Gasteiger partial charge on any atom is -0.382 e. The molecule has 1 aromatic rings. The Bertz CT molecular complexity index is 525. The van der Waals surface area contributed by atoms with Gasteiger partial charge in [-0.05, 0) is 24.6 Å². The van der Waals surface area contributed by atoms with Crippen molar-refractivity contribution in [2.24, 2.45) is 5.16 Å². The summed E-state index contributed by atoms with van der Waals surface area (Å²) in [6.45, 7) is 6.29. The second-order valence-corrected chi connectivity index (χ2v) is 4.76. The predicted molar refractivity (Wildman–Crippen MR) is 74.6 cm³/mol. The summed E-state index contributed by atoms with van der Waals surface area (Å²) in [4.78, 5) is 19.1. The normalized spacial score (nSPS) is 17.3. The molecule has 0 N–H and O–H groups in total. The van der Waals surface area contributed by atoms with Crippen LogP contribution in [0, 0.1) is 5.82 Å². The van der Waals surface area contributed by atoms with Crippen molar-refractivity contribution in [3.63, 3.8) is 0 Å². The highest BCUT2D eigenvalue weighted by Gasteiger charge is 2.29. The number of benzene rings is 1. The molecule has 0 aliphatic carbocycles. The Labute approximate surface area is 117 Å². The molecular formula is C15H17FN2O2. The van der Waals surface area contributed by atoms with E-state index in [1.165, 1.54) is 12.1 Å². The van der Waals surface area contributed by atoms with Crippen LogP contribution in [-0.4, -0.2) is 29.2 Å². The summed E-state index contributed by atoms with van der Waals surface area (Å²) in [6.07, 6.45) is 1.61. The Morgan fingerprint density at radius 3 is 2.80 bits per heavy atom. The van der Waals surface area contributed by atoms with Crippen LogP contribution in [0.2, 0.25) is 0 Å². The van der Waals surface area contributed by atoms with Crippen molar-refractivity contribution in [3.05, 3.63) is 48.3 Å². The van der Waals surface area contributed by atoms with Crippen molar-refractivity contribution in [2.75, 3.05) is 6.54 Å². The van der Waals surface area contributed by atoms with Gasteiger partial charge in [0.25, 0.3) is 5.91 Å². The van der Waals surface area contributed by atoms with E-state index >= 15 is 0 Å². The number of halogens is 1. The monoisotopic (exact) mass is 276 g/mol. The lowest BCUT2D eigenvalue weighted by Crippen LogP contribution is -2.39. The van der Waals surface area contributed by atoms with Crippen molar-refractivity contribution in [1.29, 1.82) is 0 Å². The van der Waals surface area contributed by atoms with E-state index in [9.17, 15) is 9.18 Å². The molecular weight excluding hydrogens is 259 g/mol. The molecule has 1 atom stereocenters. The third kappa shape index (κ3) is 3.44. The highest BCUT2D eigenvalue weighted by atomic mass is 19.1. The van der Waals surface area contributed by atoms with Gasteiger partial charge in [0.1, 0.15) is 5.82 Å². The third-order valence-corrected chi connectivity index (χ3v) is 3.04. The molecule has 0 saturated carbocycles. The molecule has 0 unspecified atom stereocenters. The zero-order chi connectivity index (χ0) is 14.5. The van der Waals surface area contributed by atoms with Crippen molar-refractivity contribution in [2.45, 2.75) is 26.0 Å². The smallest absolute Gasteiger partial charge is 0.267 e. The van der Waals surface area contributed by atoms with Gasteiger partial charge >= 0.3 is 0 Å². The van der Waals surface area contributed by atoms with E-state index < -0.39 is 6.10 Å². The molecule has 0 aromatic heterocycles. The van der Waals surface area contributed by atoms with Crippen LogP contribution in [0.3, 0.4) is 0 Å². The first kappa shape index (κ1) is 14.2. The molecule has 5 heteroatoms. The molecule has 0 radical (unpaired) electrons. The van der Waals surface area contributed by atoms with Crippen LogP contribution >= 0.6 is 0 Å². The summed E-state index contributed by atoms with van der Waals surface area (Å²) >= 11 is 0. The van der Waals surface area contributed by atoms with Crippen LogP contribution < -0.4 is 0 Å². The minimum atomic E-state index is -0.560. The molecule has 0 spiro atoms. The second kappa shape index (κ2) is 6.32. The van der Waals surface area contributed by atoms with Crippen LogP contribution in [0.1, 0.15) is 18.9 Å². The molecule has 1 aliphatic heterocycles. The average molecular weight is 276 g/mol. The Morgan fingerprint density at radius 2 is 2.25 bits per heavy atom. The van der Waals surface area contributed by atoms with Crippen molar-refractivity contribution in [1.82, 2.24) is 4.90 Å². The first-order valence-electron chi connectivity index (χ1n) is 6.43. The molecule has 1 aromatic carbocycles. The highest BCUT2D eigenvalue weighted by Crippen LogP contribution is 2.15. The van der Waals surface area contributed by atoms with E-state index in [4.69, 9.17) is 4.84 Å². The fraction of sp³-hybridized carbons (Fsp3) is 0.333. The molecule has 1 heterocycles. The molecule has 1 aliphatic rings. The fourth-order valence-electron chi connectivity index (χ4n) is 2.03. The Kier molecular flexibility index (Phi) is 4.50. The van der Waals surface area contributed by atoms with Gasteiger partial charge in [0, 0.05) is 19.5 Å². The van der Waals surface area contributed by atoms with Gasteiger partial charge in [-0.3, -0.25) is 4.79 Å². The molecule has 0 bridgehead atoms. The number of amides is 1. The number of carbonyl (C=O) groups excluding carboxylic acids is 1. The molecule has 0 saturated heterocycles. The van der Waals surface area contributed by atoms with E-state index in [-0.39, 0.29) is 11.7 Å². The largest absolute Gasteiger partial charge is 0.382 e. The molecule has 4 nitrogen and oxygen atoms in total. The minimum absolute atomic E-state index is 0.130. The van der Waals surface area contributed by atoms with Gasteiger partial charge in [-0.1, -0.05) is 23.4 Å². The maximum Gasteiger partial charge on any atom is 0.267 e. The number of carbonyl (C=O) groups is 1. The predicted octanol–water partition coefficient (Wildman–Crippen LogP) is 2.51. The maximum absolute atomic E-state index is 12.9. The van der Waals surface area contributed by atoms with E-state index in [1.54, 1.807) is 23.1 Å². The lowest BCUT2D eigenvalue weighted by Gasteiger charge is -2.23. The van der Waals surface area contributed by atoms with Crippen LogP contribution in [0.25, 0.3) is 0 Å². The van der Waals surface area contributed by atoms with Crippen LogP contribution in [0.5, 0.6) is 0 Å². The van der Waals surface area contributed by atoms with Crippen LogP contribution in [0.15, 0.2) is 42.1 Å². The zero-order valence-corrected chi connectivity index (χ0v) is 11.4. The summed E-state index contributed by atoms with van der Waals surface area (Å²) in [7, 11) is 0. The highest BCUT2D eigenvalue weighted by molar-refractivity contribution is 5.91. The number of hydrogen-bond acceptors (Lipinski definition) is 3. The summed E-state index contributed by atoms with van der Waals surface area (Å²) in [5.41, 5.74) is 1.67. The first-order chi connectivity index (χ1) is 9.60. The lowest BCUT2D eigenvalue weighted by atomic mass is 10.1. The number of rotatable bonds is 5. The van der Waals surface area contributed by atoms with Crippen LogP contribution in [0.4, 0.5) is 4.39 Å². The number of oxime groups is 1. The van der Waals surface area contributed by atoms with Gasteiger partial charge in [-0.2, -0.15) is 0 Å². The molecule has 1 amide bonds. The molecule has 20 heavy (non-hydrogen) atoms. The van der Waals surface area contributed by atoms with Gasteiger partial charge in [-0.25, -0.2) is 4.39 Å². The maximum atomic E-state index is 12.9. The summed E-state index contributed by atoms with van der Waals surface area (Å²) in [5, 5.41) is 3.79. The van der Waals surface area contributed by atoms with Gasteiger partial charge in [0.2, 0.25) is 6.10 Å². The lowest BCUT2D eigenvalue weighted by molar-refractivity contribution is -0.142. The standard InChI is InChI=1S/C15H17FN2O2/c1-3-8-18(10-12-4-6-13(16)7-5-12)15(19)14-9-11(2)17-20-14/h3-7,14H,1,8-10H2,2H3/t14-/m0/s1. The fourth-order valence-corrected chi connectivity index (χ4v) is 2.03. The van der Waals surface area contributed by atoms with Crippen molar-refractivity contribution in [3.8, 4) is 0 Å². The topological polar surface area (TPSA) is 41.9 Å². The Balaban J connectivity index is 2.04. The van der Waals surface area contributed by atoms with Crippen LogP contribution in [-0.2, 0) is 16.2 Å². The SMILES string of the molecule is C=CCN(Cc1ccc(F)cc1)C(=O)[C@@H]1CC(C)=NO1. The summed E-state index contributed by atoms with van der Waals surface area (Å²) in [6, 6.07) is 6.09. The van der Waals surface area contributed by atoms with E-state index in [1.807, 2.05) is 6.92 Å². The quantitative estimate of drug-likeness (QED) is 0.775. The van der Waals surface area contributed by atoms with Gasteiger partial charge in [0.05, 0.1) is 5.71 Å². The van der Waals surface area contributed by atoms with Gasteiger partial charge < -0.3 is 9.74 Å². The Hall–Kier alpha value is -2.17. The second-order valence-electron chi connectivity index (χ2n) is 4.76. The van der Waals surface area contributed by atoms with E-state index in [0.717, 1.165) is 11.3 Å². The Morgan fingerprint density at radius 1 is 1.55 bits per heavy atom. The van der Waals surface area contributed by atoms with Gasteiger partial charge in [-0.15, -0.1) is 6.58 Å². The van der Waals surface area contributed by atoms with Gasteiger partial charge in [0.15, 0.2) is 0 Å².